The Morgan fingerprint density at radius 3 is 2.83 bits per heavy atom. The molecule has 1 fully saturated rings. The molecule has 1 aromatic heterocycles. The second kappa shape index (κ2) is 11.0. The zero-order chi connectivity index (χ0) is 21.3. The standard InChI is InChI=1S/C23H30N2O4S/c1-28-20-7-6-19(21(13-20)29-2)14-24-22(26)8-5-17-4-3-10-25(15-17)23(27)12-18-9-11-30-16-18/h6-7,9,11,13,16-17H,3-5,8,10,12,14-15H2,1-2H3,(H,24,26). The second-order valence-corrected chi connectivity index (χ2v) is 8.43. The first-order chi connectivity index (χ1) is 14.6. The number of piperidine rings is 1. The highest BCUT2D eigenvalue weighted by atomic mass is 32.1. The lowest BCUT2D eigenvalue weighted by atomic mass is 9.93. The molecule has 0 radical (unpaired) electrons. The quantitative estimate of drug-likeness (QED) is 0.660. The van der Waals surface area contributed by atoms with Crippen LogP contribution in [0.15, 0.2) is 35.0 Å². The molecule has 2 amide bonds. The van der Waals surface area contributed by atoms with Crippen LogP contribution < -0.4 is 14.8 Å². The van der Waals surface area contributed by atoms with E-state index in [4.69, 9.17) is 9.47 Å². The van der Waals surface area contributed by atoms with Crippen LogP contribution in [-0.2, 0) is 22.6 Å². The van der Waals surface area contributed by atoms with E-state index in [1.807, 2.05) is 39.9 Å². The molecule has 1 saturated heterocycles. The number of amides is 2. The minimum absolute atomic E-state index is 0.0228. The van der Waals surface area contributed by atoms with Crippen molar-refractivity contribution in [2.75, 3.05) is 27.3 Å². The van der Waals surface area contributed by atoms with Crippen molar-refractivity contribution in [1.82, 2.24) is 10.2 Å². The van der Waals surface area contributed by atoms with Gasteiger partial charge in [0, 0.05) is 37.7 Å². The van der Waals surface area contributed by atoms with Crippen molar-refractivity contribution in [2.24, 2.45) is 5.92 Å². The molecule has 0 saturated carbocycles. The number of benzene rings is 1. The summed E-state index contributed by atoms with van der Waals surface area (Å²) in [4.78, 5) is 26.9. The molecule has 2 heterocycles. The number of likely N-dealkylation sites (tertiary alicyclic amines) is 1. The minimum atomic E-state index is 0.0228. The van der Waals surface area contributed by atoms with Crippen molar-refractivity contribution >= 4 is 23.2 Å². The van der Waals surface area contributed by atoms with Gasteiger partial charge >= 0.3 is 0 Å². The number of hydrogen-bond acceptors (Lipinski definition) is 5. The first-order valence-electron chi connectivity index (χ1n) is 10.4. The van der Waals surface area contributed by atoms with Crippen LogP contribution in [0, 0.1) is 5.92 Å². The molecule has 2 aromatic rings. The third-order valence-electron chi connectivity index (χ3n) is 5.56. The normalized spacial score (nSPS) is 16.2. The molecule has 162 valence electrons. The van der Waals surface area contributed by atoms with E-state index in [1.54, 1.807) is 25.6 Å². The Bertz CT molecular complexity index is 838. The summed E-state index contributed by atoms with van der Waals surface area (Å²) in [6, 6.07) is 7.57. The topological polar surface area (TPSA) is 67.9 Å². The average Bonchev–Trinajstić information content (AvgIpc) is 3.29. The molecule has 1 aromatic carbocycles. The summed E-state index contributed by atoms with van der Waals surface area (Å²) in [6.07, 6.45) is 3.82. The highest BCUT2D eigenvalue weighted by Crippen LogP contribution is 2.25. The third-order valence-corrected chi connectivity index (χ3v) is 6.29. The molecule has 0 aliphatic carbocycles. The Hall–Kier alpha value is -2.54. The number of thiophene rings is 1. The predicted molar refractivity (Wildman–Crippen MR) is 118 cm³/mol. The maximum absolute atomic E-state index is 12.5. The average molecular weight is 431 g/mol. The first kappa shape index (κ1) is 22.2. The van der Waals surface area contributed by atoms with Gasteiger partial charge in [0.2, 0.25) is 11.8 Å². The molecule has 3 rings (SSSR count). The second-order valence-electron chi connectivity index (χ2n) is 7.65. The van der Waals surface area contributed by atoms with Gasteiger partial charge in [-0.15, -0.1) is 0 Å². The summed E-state index contributed by atoms with van der Waals surface area (Å²) in [6.45, 7) is 1.99. The summed E-state index contributed by atoms with van der Waals surface area (Å²) in [5.41, 5.74) is 2.00. The maximum Gasteiger partial charge on any atom is 0.227 e. The fraction of sp³-hybridized carbons (Fsp3) is 0.478. The van der Waals surface area contributed by atoms with E-state index in [9.17, 15) is 9.59 Å². The van der Waals surface area contributed by atoms with E-state index < -0.39 is 0 Å². The summed E-state index contributed by atoms with van der Waals surface area (Å²) in [5, 5.41) is 7.01. The monoisotopic (exact) mass is 430 g/mol. The highest BCUT2D eigenvalue weighted by molar-refractivity contribution is 7.08. The number of nitrogens with zero attached hydrogens (tertiary/aromatic N) is 1. The van der Waals surface area contributed by atoms with Crippen LogP contribution in [0.25, 0.3) is 0 Å². The molecular weight excluding hydrogens is 400 g/mol. The molecule has 1 atom stereocenters. The van der Waals surface area contributed by atoms with Crippen LogP contribution >= 0.6 is 11.3 Å². The summed E-state index contributed by atoms with van der Waals surface area (Å²) < 4.78 is 10.6. The number of ether oxygens (including phenoxy) is 2. The van der Waals surface area contributed by atoms with Crippen molar-refractivity contribution in [2.45, 2.75) is 38.6 Å². The number of hydrogen-bond donors (Lipinski definition) is 1. The van der Waals surface area contributed by atoms with Gasteiger partial charge in [-0.1, -0.05) is 0 Å². The molecule has 6 nitrogen and oxygen atoms in total. The van der Waals surface area contributed by atoms with Crippen LogP contribution in [0.3, 0.4) is 0 Å². The van der Waals surface area contributed by atoms with Gasteiger partial charge in [-0.25, -0.2) is 0 Å². The van der Waals surface area contributed by atoms with E-state index in [1.165, 1.54) is 0 Å². The fourth-order valence-corrected chi connectivity index (χ4v) is 4.49. The minimum Gasteiger partial charge on any atom is -0.497 e. The van der Waals surface area contributed by atoms with Gasteiger partial charge in [-0.2, -0.15) is 11.3 Å². The summed E-state index contributed by atoms with van der Waals surface area (Å²) in [7, 11) is 3.22. The number of carbonyl (C=O) groups excluding carboxylic acids is 2. The van der Waals surface area contributed by atoms with E-state index >= 15 is 0 Å². The zero-order valence-corrected chi connectivity index (χ0v) is 18.5. The number of methoxy groups -OCH3 is 2. The molecule has 1 N–H and O–H groups in total. The van der Waals surface area contributed by atoms with Gasteiger partial charge in [-0.05, 0) is 59.7 Å². The van der Waals surface area contributed by atoms with Crippen molar-refractivity contribution < 1.29 is 19.1 Å². The van der Waals surface area contributed by atoms with Gasteiger partial charge in [-0.3, -0.25) is 9.59 Å². The lowest BCUT2D eigenvalue weighted by Crippen LogP contribution is -2.41. The zero-order valence-electron chi connectivity index (χ0n) is 17.7. The summed E-state index contributed by atoms with van der Waals surface area (Å²) >= 11 is 1.62. The Balaban J connectivity index is 1.42. The van der Waals surface area contributed by atoms with Crippen molar-refractivity contribution in [1.29, 1.82) is 0 Å². The smallest absolute Gasteiger partial charge is 0.227 e. The van der Waals surface area contributed by atoms with Crippen LogP contribution in [0.1, 0.15) is 36.8 Å². The summed E-state index contributed by atoms with van der Waals surface area (Å²) in [5.74, 6) is 2.01. The van der Waals surface area contributed by atoms with E-state index in [2.05, 4.69) is 5.32 Å². The lowest BCUT2D eigenvalue weighted by Gasteiger charge is -2.32. The molecule has 0 bridgehead atoms. The van der Waals surface area contributed by atoms with Crippen molar-refractivity contribution in [3.63, 3.8) is 0 Å². The van der Waals surface area contributed by atoms with Gasteiger partial charge < -0.3 is 19.7 Å². The van der Waals surface area contributed by atoms with Gasteiger partial charge in [0.05, 0.1) is 20.6 Å². The van der Waals surface area contributed by atoms with Gasteiger partial charge in [0.25, 0.3) is 0 Å². The molecule has 1 unspecified atom stereocenters. The lowest BCUT2D eigenvalue weighted by molar-refractivity contribution is -0.132. The Labute approximate surface area is 182 Å². The SMILES string of the molecule is COc1ccc(CNC(=O)CCC2CCCN(C(=O)Cc3ccsc3)C2)c(OC)c1. The van der Waals surface area contributed by atoms with Crippen molar-refractivity contribution in [3.8, 4) is 11.5 Å². The molecule has 1 aliphatic rings. The predicted octanol–water partition coefficient (Wildman–Crippen LogP) is 3.64. The van der Waals surface area contributed by atoms with Gasteiger partial charge in [0.15, 0.2) is 0 Å². The van der Waals surface area contributed by atoms with Gasteiger partial charge in [0.1, 0.15) is 11.5 Å². The third kappa shape index (κ3) is 6.23. The Morgan fingerprint density at radius 2 is 2.10 bits per heavy atom. The Morgan fingerprint density at radius 1 is 1.23 bits per heavy atom. The van der Waals surface area contributed by atoms with Crippen LogP contribution in [0.4, 0.5) is 0 Å². The fourth-order valence-electron chi connectivity index (χ4n) is 3.82. The van der Waals surface area contributed by atoms with E-state index in [0.717, 1.165) is 49.2 Å². The molecule has 30 heavy (non-hydrogen) atoms. The van der Waals surface area contributed by atoms with Crippen molar-refractivity contribution in [3.05, 3.63) is 46.2 Å². The first-order valence-corrected chi connectivity index (χ1v) is 11.3. The number of carbonyl (C=O) groups is 2. The highest BCUT2D eigenvalue weighted by Gasteiger charge is 2.24. The largest absolute Gasteiger partial charge is 0.497 e. The number of rotatable bonds is 9. The number of nitrogens with one attached hydrogen (secondary N) is 1. The molecule has 1 aliphatic heterocycles. The van der Waals surface area contributed by atoms with Crippen LogP contribution in [0.2, 0.25) is 0 Å². The Kier molecular flexibility index (Phi) is 8.13. The van der Waals surface area contributed by atoms with E-state index in [-0.39, 0.29) is 11.8 Å². The van der Waals surface area contributed by atoms with Crippen LogP contribution in [0.5, 0.6) is 11.5 Å². The molecule has 0 spiro atoms. The van der Waals surface area contributed by atoms with E-state index in [0.29, 0.717) is 31.1 Å². The maximum atomic E-state index is 12.5. The van der Waals surface area contributed by atoms with Crippen LogP contribution in [-0.4, -0.2) is 44.0 Å². The molecular formula is C23H30N2O4S. The molecule has 7 heteroatoms.